The van der Waals surface area contributed by atoms with Crippen molar-refractivity contribution >= 4 is 29.7 Å². The van der Waals surface area contributed by atoms with Gasteiger partial charge in [-0.3, -0.25) is 24.2 Å². The van der Waals surface area contributed by atoms with E-state index in [-0.39, 0.29) is 31.1 Å². The van der Waals surface area contributed by atoms with Crippen LogP contribution in [0.5, 0.6) is 0 Å². The van der Waals surface area contributed by atoms with E-state index in [9.17, 15) is 24.0 Å². The smallest absolute Gasteiger partial charge is 0.354 e. The first-order valence-corrected chi connectivity index (χ1v) is 9.32. The molecule has 2 aromatic heterocycles. The number of ketones is 1. The quantitative estimate of drug-likeness (QED) is 0.344. The summed E-state index contributed by atoms with van der Waals surface area (Å²) in [5, 5.41) is 16.3. The molecule has 0 aromatic carbocycles. The van der Waals surface area contributed by atoms with Crippen molar-refractivity contribution in [3.63, 3.8) is 0 Å². The van der Waals surface area contributed by atoms with Gasteiger partial charge < -0.3 is 19.7 Å². The summed E-state index contributed by atoms with van der Waals surface area (Å²) in [6.07, 6.45) is 2.17. The van der Waals surface area contributed by atoms with E-state index in [4.69, 9.17) is 10.2 Å². The number of aliphatic carboxylic acids is 1. The largest absolute Gasteiger partial charge is 0.481 e. The Morgan fingerprint density at radius 1 is 0.750 bits per heavy atom. The third kappa shape index (κ3) is 13.9. The first kappa shape index (κ1) is 27.8. The van der Waals surface area contributed by atoms with Gasteiger partial charge in [-0.25, -0.2) is 9.78 Å². The van der Waals surface area contributed by atoms with E-state index in [2.05, 4.69) is 19.4 Å². The van der Waals surface area contributed by atoms with E-state index >= 15 is 0 Å². The Morgan fingerprint density at radius 2 is 1.22 bits per heavy atom. The number of carboxylic acids is 2. The second kappa shape index (κ2) is 16.6. The average molecular weight is 448 g/mol. The maximum absolute atomic E-state index is 11.4. The van der Waals surface area contributed by atoms with Gasteiger partial charge in [0.1, 0.15) is 24.2 Å². The summed E-state index contributed by atoms with van der Waals surface area (Å²) in [6.45, 7) is 3.84. The predicted octanol–water partition coefficient (Wildman–Crippen LogP) is 2.02. The highest BCUT2D eigenvalue weighted by atomic mass is 16.5. The molecule has 0 saturated heterocycles. The highest BCUT2D eigenvalue weighted by Crippen LogP contribution is 2.00. The van der Waals surface area contributed by atoms with Crippen molar-refractivity contribution in [3.8, 4) is 0 Å². The molecule has 0 atom stereocenters. The monoisotopic (exact) mass is 448 g/mol. The van der Waals surface area contributed by atoms with Crippen LogP contribution in [0.3, 0.4) is 0 Å². The van der Waals surface area contributed by atoms with Crippen LogP contribution in [0.25, 0.3) is 0 Å². The van der Waals surface area contributed by atoms with Crippen LogP contribution in [0.15, 0.2) is 48.8 Å². The number of esters is 2. The molecule has 2 N–H and O–H groups in total. The lowest BCUT2D eigenvalue weighted by molar-refractivity contribution is -0.151. The number of carboxylic acid groups (broad SMARTS) is 2. The van der Waals surface area contributed by atoms with Crippen molar-refractivity contribution in [2.45, 2.75) is 26.7 Å². The van der Waals surface area contributed by atoms with Gasteiger partial charge in [-0.2, -0.15) is 0 Å². The standard InChI is InChI=1S/C10H11NO3.C6H5NO2.C5H8O4/c1-2-14-10(13)7-9(12)8-5-3-4-6-11-8;8-6(9)5-3-1-2-4-7-5;1-2-9-5(8)3-4(6)7/h3-6H,2,7H2,1H3;1-4H,(H,8,9);2-3H2,1H3,(H,6,7). The summed E-state index contributed by atoms with van der Waals surface area (Å²) >= 11 is 0. The average Bonchev–Trinajstić information content (AvgIpc) is 2.75. The van der Waals surface area contributed by atoms with E-state index < -0.39 is 30.3 Å². The van der Waals surface area contributed by atoms with Gasteiger partial charge in [-0.1, -0.05) is 12.1 Å². The Labute approximate surface area is 184 Å². The van der Waals surface area contributed by atoms with E-state index in [1.165, 1.54) is 18.5 Å². The predicted molar refractivity (Wildman–Crippen MR) is 110 cm³/mol. The zero-order valence-corrected chi connectivity index (χ0v) is 17.6. The molecule has 0 amide bonds. The number of carbonyl (C=O) groups is 5. The number of nitrogens with zero attached hydrogens (tertiary/aromatic N) is 2. The topological polar surface area (TPSA) is 170 Å². The Hall–Kier alpha value is -4.15. The number of hydrogen-bond donors (Lipinski definition) is 2. The zero-order valence-electron chi connectivity index (χ0n) is 17.6. The van der Waals surface area contributed by atoms with Gasteiger partial charge in [-0.05, 0) is 38.1 Å². The van der Waals surface area contributed by atoms with E-state index in [1.54, 1.807) is 44.2 Å². The van der Waals surface area contributed by atoms with Gasteiger partial charge in [-0.15, -0.1) is 0 Å². The van der Waals surface area contributed by atoms with Gasteiger partial charge >= 0.3 is 23.9 Å². The first-order valence-electron chi connectivity index (χ1n) is 9.32. The van der Waals surface area contributed by atoms with Crippen molar-refractivity contribution in [1.82, 2.24) is 9.97 Å². The van der Waals surface area contributed by atoms with E-state index in [1.807, 2.05) is 0 Å². The Balaban J connectivity index is 0.000000470. The molecule has 0 radical (unpaired) electrons. The van der Waals surface area contributed by atoms with Crippen LogP contribution >= 0.6 is 0 Å². The molecular formula is C21H24N2O9. The molecule has 0 aliphatic carbocycles. The minimum absolute atomic E-state index is 0.0810. The summed E-state index contributed by atoms with van der Waals surface area (Å²) in [7, 11) is 0. The first-order chi connectivity index (χ1) is 15.2. The van der Waals surface area contributed by atoms with Gasteiger partial charge in [0, 0.05) is 12.4 Å². The summed E-state index contributed by atoms with van der Waals surface area (Å²) in [6, 6.07) is 9.74. The third-order valence-electron chi connectivity index (χ3n) is 3.05. The SMILES string of the molecule is CCOC(=O)CC(=O)O.CCOC(=O)CC(=O)c1ccccn1.O=C(O)c1ccccn1. The molecule has 172 valence electrons. The second-order valence-corrected chi connectivity index (χ2v) is 5.52. The minimum atomic E-state index is -1.16. The summed E-state index contributed by atoms with van der Waals surface area (Å²) < 4.78 is 8.98. The molecule has 0 aliphatic rings. The fourth-order valence-electron chi connectivity index (χ4n) is 1.79. The van der Waals surface area contributed by atoms with Crippen LogP contribution in [-0.4, -0.2) is 63.1 Å². The molecule has 0 fully saturated rings. The van der Waals surface area contributed by atoms with Crippen molar-refractivity contribution < 1.29 is 43.7 Å². The molecule has 0 unspecified atom stereocenters. The number of ether oxygens (including phenoxy) is 2. The van der Waals surface area contributed by atoms with Crippen LogP contribution < -0.4 is 0 Å². The van der Waals surface area contributed by atoms with Crippen molar-refractivity contribution in [3.05, 3.63) is 60.2 Å². The maximum atomic E-state index is 11.4. The van der Waals surface area contributed by atoms with Crippen molar-refractivity contribution in [1.29, 1.82) is 0 Å². The summed E-state index contributed by atoms with van der Waals surface area (Å²) in [5.41, 5.74) is 0.373. The summed E-state index contributed by atoms with van der Waals surface area (Å²) in [4.78, 5) is 59.9. The lowest BCUT2D eigenvalue weighted by Crippen LogP contribution is -2.12. The molecule has 2 aromatic rings. The fraction of sp³-hybridized carbons (Fsp3) is 0.286. The molecule has 11 heteroatoms. The molecule has 0 bridgehead atoms. The molecule has 11 nitrogen and oxygen atoms in total. The molecular weight excluding hydrogens is 424 g/mol. The maximum Gasteiger partial charge on any atom is 0.354 e. The summed E-state index contributed by atoms with van der Waals surface area (Å²) in [5.74, 6) is -3.67. The van der Waals surface area contributed by atoms with E-state index in [0.717, 1.165) is 0 Å². The Bertz CT molecular complexity index is 871. The number of aromatic carboxylic acids is 1. The van der Waals surface area contributed by atoms with Gasteiger partial charge in [0.15, 0.2) is 5.78 Å². The third-order valence-corrected chi connectivity index (χ3v) is 3.05. The highest BCUT2D eigenvalue weighted by molar-refractivity contribution is 6.04. The number of aromatic nitrogens is 2. The minimum Gasteiger partial charge on any atom is -0.481 e. The number of hydrogen-bond acceptors (Lipinski definition) is 9. The Morgan fingerprint density at radius 3 is 1.56 bits per heavy atom. The molecule has 0 saturated carbocycles. The van der Waals surface area contributed by atoms with Crippen molar-refractivity contribution in [2.75, 3.05) is 13.2 Å². The second-order valence-electron chi connectivity index (χ2n) is 5.52. The van der Waals surface area contributed by atoms with Gasteiger partial charge in [0.25, 0.3) is 0 Å². The Kier molecular flexibility index (Phi) is 14.5. The number of Topliss-reactive ketones (excluding diaryl/α,β-unsaturated/α-hetero) is 1. The van der Waals surface area contributed by atoms with Crippen LogP contribution in [-0.2, 0) is 23.9 Å². The number of pyridine rings is 2. The number of carbonyl (C=O) groups excluding carboxylic acids is 3. The molecule has 0 aliphatic heterocycles. The van der Waals surface area contributed by atoms with Crippen LogP contribution in [0.2, 0.25) is 0 Å². The van der Waals surface area contributed by atoms with Crippen molar-refractivity contribution in [2.24, 2.45) is 0 Å². The molecule has 0 spiro atoms. The number of rotatable bonds is 8. The van der Waals surface area contributed by atoms with Crippen LogP contribution in [0.1, 0.15) is 47.7 Å². The van der Waals surface area contributed by atoms with Crippen LogP contribution in [0, 0.1) is 0 Å². The lowest BCUT2D eigenvalue weighted by atomic mass is 10.2. The lowest BCUT2D eigenvalue weighted by Gasteiger charge is -2.00. The zero-order chi connectivity index (χ0) is 24.4. The fourth-order valence-corrected chi connectivity index (χ4v) is 1.79. The van der Waals surface area contributed by atoms with Gasteiger partial charge in [0.2, 0.25) is 0 Å². The van der Waals surface area contributed by atoms with Crippen LogP contribution in [0.4, 0.5) is 0 Å². The van der Waals surface area contributed by atoms with Gasteiger partial charge in [0.05, 0.1) is 13.2 Å². The highest BCUT2D eigenvalue weighted by Gasteiger charge is 2.12. The molecule has 2 rings (SSSR count). The molecule has 2 heterocycles. The normalized spacial score (nSPS) is 9.06. The molecule has 32 heavy (non-hydrogen) atoms. The van der Waals surface area contributed by atoms with E-state index in [0.29, 0.717) is 5.69 Å².